The van der Waals surface area contributed by atoms with Gasteiger partial charge in [-0.3, -0.25) is 0 Å². The van der Waals surface area contributed by atoms with E-state index in [2.05, 4.69) is 51.7 Å². The summed E-state index contributed by atoms with van der Waals surface area (Å²) in [4.78, 5) is 13.5. The Morgan fingerprint density at radius 1 is 1.16 bits per heavy atom. The lowest BCUT2D eigenvalue weighted by Crippen LogP contribution is -2.16. The molecule has 0 unspecified atom stereocenters. The first-order valence-corrected chi connectivity index (χ1v) is 11.6. The normalized spacial score (nSPS) is 15.8. The topological polar surface area (TPSA) is 89.8 Å². The second-order valence-corrected chi connectivity index (χ2v) is 9.36. The number of ether oxygens (including phenoxy) is 1. The van der Waals surface area contributed by atoms with Gasteiger partial charge in [0.25, 0.3) is 0 Å². The summed E-state index contributed by atoms with van der Waals surface area (Å²) in [5, 5.41) is 10.4. The summed E-state index contributed by atoms with van der Waals surface area (Å²) in [5.74, 6) is 0.691. The minimum absolute atomic E-state index is 0.0876. The number of anilines is 3. The van der Waals surface area contributed by atoms with Crippen LogP contribution in [0.15, 0.2) is 36.7 Å². The van der Waals surface area contributed by atoms with Gasteiger partial charge in [-0.15, -0.1) is 0 Å². The molecule has 5 rings (SSSR count). The van der Waals surface area contributed by atoms with Crippen molar-refractivity contribution in [1.82, 2.24) is 24.7 Å². The van der Waals surface area contributed by atoms with E-state index in [1.54, 1.807) is 32.2 Å². The summed E-state index contributed by atoms with van der Waals surface area (Å²) in [6.07, 6.45) is 2.15. The highest BCUT2D eigenvalue weighted by Crippen LogP contribution is 2.50. The number of hydrogen-bond acceptors (Lipinski definition) is 7. The Balaban J connectivity index is 1.54. The zero-order valence-corrected chi connectivity index (χ0v) is 20.6. The second-order valence-electron chi connectivity index (χ2n) is 9.36. The molecule has 2 aromatic carbocycles. The quantitative estimate of drug-likeness (QED) is 0.351. The largest absolute Gasteiger partial charge is 0.432 e. The van der Waals surface area contributed by atoms with Gasteiger partial charge in [0, 0.05) is 35.8 Å². The van der Waals surface area contributed by atoms with Crippen LogP contribution < -0.4 is 15.4 Å². The lowest BCUT2D eigenvalue weighted by Gasteiger charge is -2.21. The van der Waals surface area contributed by atoms with Crippen molar-refractivity contribution >= 4 is 17.5 Å². The first-order chi connectivity index (χ1) is 17.6. The molecule has 0 aliphatic heterocycles. The molecule has 0 radical (unpaired) electrons. The highest BCUT2D eigenvalue weighted by atomic mass is 19.3. The Morgan fingerprint density at radius 3 is 2.62 bits per heavy atom. The molecule has 1 aliphatic carbocycles. The first-order valence-electron chi connectivity index (χ1n) is 11.6. The van der Waals surface area contributed by atoms with E-state index in [1.165, 1.54) is 23.1 Å². The van der Waals surface area contributed by atoms with Gasteiger partial charge < -0.3 is 15.4 Å². The average molecular weight is 508 g/mol. The van der Waals surface area contributed by atoms with Crippen LogP contribution in [-0.4, -0.2) is 38.4 Å². The highest BCUT2D eigenvalue weighted by Gasteiger charge is 2.42. The lowest BCUT2D eigenvalue weighted by molar-refractivity contribution is -0.0498. The molecule has 8 nitrogen and oxygen atoms in total. The number of benzene rings is 1. The minimum Gasteiger partial charge on any atom is -0.432 e. The van der Waals surface area contributed by atoms with Crippen LogP contribution in [0, 0.1) is 24.9 Å². The summed E-state index contributed by atoms with van der Waals surface area (Å²) in [7, 11) is 1.77. The third kappa shape index (κ3) is 4.74. The fraction of sp³-hybridized carbons (Fsp3) is 0.308. The van der Waals surface area contributed by atoms with E-state index < -0.39 is 12.4 Å². The van der Waals surface area contributed by atoms with Crippen LogP contribution in [0.4, 0.5) is 30.6 Å². The maximum Gasteiger partial charge on any atom is 0.387 e. The molecule has 2 aromatic heterocycles. The maximum absolute atomic E-state index is 13.5. The SMILES string of the molecule is CNc1nc(Nc2ccc(-n3cnc(C)n3)c(OC(F)F)c2)nc2c1C(C)(C)C[C@@H]2c1c#cc(F)cc1. The molecule has 0 saturated carbocycles. The van der Waals surface area contributed by atoms with Crippen LogP contribution in [0.1, 0.15) is 48.8 Å². The van der Waals surface area contributed by atoms with Crippen LogP contribution >= 0.6 is 0 Å². The average Bonchev–Trinajstić information content (AvgIpc) is 3.39. The molecule has 0 spiro atoms. The Morgan fingerprint density at radius 2 is 1.97 bits per heavy atom. The third-order valence-corrected chi connectivity index (χ3v) is 6.29. The molecule has 0 fully saturated rings. The zero-order chi connectivity index (χ0) is 26.3. The second kappa shape index (κ2) is 9.28. The van der Waals surface area contributed by atoms with Gasteiger partial charge in [-0.05, 0) is 49.1 Å². The molecule has 0 bridgehead atoms. The summed E-state index contributed by atoms with van der Waals surface area (Å²) in [5.41, 5.74) is 3.01. The minimum atomic E-state index is -3.03. The van der Waals surface area contributed by atoms with E-state index in [4.69, 9.17) is 9.72 Å². The number of nitrogens with zero attached hydrogens (tertiary/aromatic N) is 5. The number of fused-ring (bicyclic) bond motifs is 1. The maximum atomic E-state index is 13.5. The molecule has 2 heterocycles. The van der Waals surface area contributed by atoms with Crippen LogP contribution in [0.2, 0.25) is 0 Å². The van der Waals surface area contributed by atoms with Gasteiger partial charge in [0.15, 0.2) is 11.6 Å². The molecule has 1 atom stereocenters. The zero-order valence-electron chi connectivity index (χ0n) is 20.6. The van der Waals surface area contributed by atoms with Gasteiger partial charge >= 0.3 is 6.61 Å². The van der Waals surface area contributed by atoms with Crippen LogP contribution in [0.25, 0.3) is 5.69 Å². The number of rotatable bonds is 7. The molecule has 2 N–H and O–H groups in total. The Bertz CT molecular complexity index is 1440. The predicted octanol–water partition coefficient (Wildman–Crippen LogP) is 5.31. The number of nitrogens with one attached hydrogen (secondary N) is 2. The molecular formula is C26H24F3N7O. The van der Waals surface area contributed by atoms with E-state index in [-0.39, 0.29) is 23.0 Å². The van der Waals surface area contributed by atoms with Gasteiger partial charge in [-0.25, -0.2) is 14.6 Å². The van der Waals surface area contributed by atoms with Crippen LogP contribution in [-0.2, 0) is 5.41 Å². The lowest BCUT2D eigenvalue weighted by atomic mass is 9.85. The highest BCUT2D eigenvalue weighted by molar-refractivity contribution is 5.65. The third-order valence-electron chi connectivity index (χ3n) is 6.29. The van der Waals surface area contributed by atoms with Gasteiger partial charge in [0.1, 0.15) is 23.7 Å². The van der Waals surface area contributed by atoms with Gasteiger partial charge in [0.05, 0.1) is 5.69 Å². The van der Waals surface area contributed by atoms with E-state index >= 15 is 0 Å². The Hall–Kier alpha value is -4.33. The van der Waals surface area contributed by atoms with E-state index in [0.717, 1.165) is 23.2 Å². The summed E-state index contributed by atoms with van der Waals surface area (Å²) in [6, 6.07) is 13.2. The van der Waals surface area contributed by atoms with Gasteiger partial charge in [-0.1, -0.05) is 19.9 Å². The summed E-state index contributed by atoms with van der Waals surface area (Å²) >= 11 is 0. The van der Waals surface area contributed by atoms with Gasteiger partial charge in [-0.2, -0.15) is 23.3 Å². The standard InChI is InChI=1S/C26H24F3N7O/c1-14-31-13-36(35-14)19-10-9-17(11-20(19)37-24(28)29)32-25-33-22-18(15-5-7-16(27)8-6-15)12-26(2,3)21(22)23(30-4)34-25/h5,7,9-11,13,18,24H,12H2,1-4H3,(H2,30,32,33,34)/t18-/m1/s1. The van der Waals surface area contributed by atoms with Crippen molar-refractivity contribution in [3.63, 3.8) is 0 Å². The smallest absolute Gasteiger partial charge is 0.387 e. The van der Waals surface area contributed by atoms with E-state index in [9.17, 15) is 13.2 Å². The molecule has 1 aliphatic rings. The number of hydrogen-bond donors (Lipinski definition) is 2. The molecule has 37 heavy (non-hydrogen) atoms. The molecule has 0 saturated heterocycles. The van der Waals surface area contributed by atoms with Crippen molar-refractivity contribution < 1.29 is 17.9 Å². The van der Waals surface area contributed by atoms with Crippen LogP contribution in [0.3, 0.4) is 0 Å². The van der Waals surface area contributed by atoms with E-state index in [1.807, 2.05) is 0 Å². The fourth-order valence-corrected chi connectivity index (χ4v) is 4.74. The monoisotopic (exact) mass is 507 g/mol. The molecule has 4 aromatic rings. The fourth-order valence-electron chi connectivity index (χ4n) is 4.74. The van der Waals surface area contributed by atoms with Crippen molar-refractivity contribution in [2.75, 3.05) is 17.7 Å². The van der Waals surface area contributed by atoms with Crippen molar-refractivity contribution in [3.8, 4) is 11.4 Å². The molecule has 190 valence electrons. The van der Waals surface area contributed by atoms with Crippen molar-refractivity contribution in [2.24, 2.45) is 0 Å². The predicted molar refractivity (Wildman–Crippen MR) is 131 cm³/mol. The van der Waals surface area contributed by atoms with E-state index in [0.29, 0.717) is 23.0 Å². The molecule has 0 amide bonds. The number of halogens is 3. The number of alkyl halides is 2. The summed E-state index contributed by atoms with van der Waals surface area (Å²) < 4.78 is 46.0. The van der Waals surface area contributed by atoms with Crippen molar-refractivity contribution in [2.45, 2.75) is 45.1 Å². The Labute approximate surface area is 211 Å². The summed E-state index contributed by atoms with van der Waals surface area (Å²) in [6.45, 7) is 2.88. The number of aromatic nitrogens is 5. The molecule has 11 heteroatoms. The van der Waals surface area contributed by atoms with Crippen LogP contribution in [0.5, 0.6) is 5.75 Å². The first kappa shape index (κ1) is 24.4. The Kier molecular flexibility index (Phi) is 6.11. The molecular weight excluding hydrogens is 483 g/mol. The van der Waals surface area contributed by atoms with Crippen molar-refractivity contribution in [1.29, 1.82) is 0 Å². The number of aryl methyl sites for hydroxylation is 1. The van der Waals surface area contributed by atoms with Crippen molar-refractivity contribution in [3.05, 3.63) is 77.3 Å². The van der Waals surface area contributed by atoms with Gasteiger partial charge in [0.2, 0.25) is 5.95 Å².